The van der Waals surface area contributed by atoms with Gasteiger partial charge >= 0.3 is 5.97 Å². The van der Waals surface area contributed by atoms with Crippen molar-refractivity contribution in [1.82, 2.24) is 4.72 Å². The molecule has 1 heterocycles. The number of carboxylic acids is 1. The molecule has 0 aliphatic carbocycles. The van der Waals surface area contributed by atoms with E-state index in [9.17, 15) is 18.3 Å². The van der Waals surface area contributed by atoms with Crippen molar-refractivity contribution in [3.63, 3.8) is 0 Å². The van der Waals surface area contributed by atoms with Gasteiger partial charge in [-0.25, -0.2) is 8.42 Å². The second-order valence-corrected chi connectivity index (χ2v) is 10.2. The first-order chi connectivity index (χ1) is 15.8. The molecule has 0 spiro atoms. The fourth-order valence-electron chi connectivity index (χ4n) is 4.41. The molecule has 1 aliphatic heterocycles. The lowest BCUT2D eigenvalue weighted by Gasteiger charge is -2.24. The lowest BCUT2D eigenvalue weighted by Crippen LogP contribution is -2.48. The zero-order valence-electron chi connectivity index (χ0n) is 18.3. The number of ether oxygens (including phenoxy) is 1. The van der Waals surface area contributed by atoms with Gasteiger partial charge in [0.05, 0.1) is 17.1 Å². The molecule has 0 radical (unpaired) electrons. The number of carbonyl (C=O) groups is 1. The van der Waals surface area contributed by atoms with Crippen LogP contribution >= 0.6 is 0 Å². The molecular formula is C26H27NO5S. The highest BCUT2D eigenvalue weighted by molar-refractivity contribution is 7.89. The molecule has 3 aromatic carbocycles. The maximum absolute atomic E-state index is 12.9. The largest absolute Gasteiger partial charge is 0.480 e. The molecule has 33 heavy (non-hydrogen) atoms. The number of carboxylic acid groups (broad SMARTS) is 1. The number of rotatable bonds is 8. The van der Waals surface area contributed by atoms with Gasteiger partial charge in [0.1, 0.15) is 6.04 Å². The molecule has 1 aliphatic rings. The average Bonchev–Trinajstić information content (AvgIpc) is 3.21. The highest BCUT2D eigenvalue weighted by Gasteiger charge is 2.44. The van der Waals surface area contributed by atoms with Gasteiger partial charge in [-0.2, -0.15) is 4.72 Å². The minimum atomic E-state index is -4.02. The van der Waals surface area contributed by atoms with Gasteiger partial charge in [-0.15, -0.1) is 6.58 Å². The van der Waals surface area contributed by atoms with E-state index < -0.39 is 34.1 Å². The lowest BCUT2D eigenvalue weighted by molar-refractivity contribution is -0.141. The van der Waals surface area contributed by atoms with Gasteiger partial charge in [0.25, 0.3) is 0 Å². The Morgan fingerprint density at radius 2 is 1.85 bits per heavy atom. The van der Waals surface area contributed by atoms with Crippen molar-refractivity contribution in [2.24, 2.45) is 5.92 Å². The van der Waals surface area contributed by atoms with E-state index in [4.69, 9.17) is 4.74 Å². The van der Waals surface area contributed by atoms with Crippen LogP contribution in [0.25, 0.3) is 10.8 Å². The molecule has 1 saturated heterocycles. The number of nitrogens with one attached hydrogen (secondary N) is 1. The average molecular weight is 466 g/mol. The molecule has 7 heteroatoms. The maximum atomic E-state index is 12.9. The van der Waals surface area contributed by atoms with E-state index in [2.05, 4.69) is 11.3 Å². The van der Waals surface area contributed by atoms with Crippen LogP contribution in [-0.4, -0.2) is 31.6 Å². The second kappa shape index (κ2) is 9.47. The molecule has 0 amide bonds. The van der Waals surface area contributed by atoms with Gasteiger partial charge in [0, 0.05) is 5.92 Å². The van der Waals surface area contributed by atoms with E-state index in [1.807, 2.05) is 49.4 Å². The zero-order valence-corrected chi connectivity index (χ0v) is 19.2. The molecule has 1 fully saturated rings. The summed E-state index contributed by atoms with van der Waals surface area (Å²) in [5.41, 5.74) is 1.85. The summed E-state index contributed by atoms with van der Waals surface area (Å²) in [6.45, 7) is 5.62. The third-order valence-corrected chi connectivity index (χ3v) is 7.61. The number of fused-ring (bicyclic) bond motifs is 1. The molecule has 2 N–H and O–H groups in total. The van der Waals surface area contributed by atoms with Crippen LogP contribution in [0.1, 0.15) is 30.1 Å². The monoisotopic (exact) mass is 465 g/mol. The number of aliphatic carboxylic acids is 1. The van der Waals surface area contributed by atoms with E-state index in [-0.39, 0.29) is 11.0 Å². The zero-order chi connectivity index (χ0) is 23.6. The Hall–Kier alpha value is -3.00. The summed E-state index contributed by atoms with van der Waals surface area (Å²) >= 11 is 0. The van der Waals surface area contributed by atoms with Crippen molar-refractivity contribution >= 4 is 26.8 Å². The van der Waals surface area contributed by atoms with Crippen molar-refractivity contribution in [3.05, 3.63) is 90.5 Å². The molecule has 172 valence electrons. The van der Waals surface area contributed by atoms with Crippen LogP contribution in [0.4, 0.5) is 0 Å². The predicted molar refractivity (Wildman–Crippen MR) is 127 cm³/mol. The first-order valence-corrected chi connectivity index (χ1v) is 12.3. The molecule has 1 unspecified atom stereocenters. The highest BCUT2D eigenvalue weighted by Crippen LogP contribution is 2.41. The summed E-state index contributed by atoms with van der Waals surface area (Å²) in [6.07, 6.45) is 1.67. The molecule has 0 saturated carbocycles. The Bertz CT molecular complexity index is 1270. The summed E-state index contributed by atoms with van der Waals surface area (Å²) in [5, 5.41) is 12.1. The maximum Gasteiger partial charge on any atom is 0.322 e. The third-order valence-electron chi connectivity index (χ3n) is 6.15. The summed E-state index contributed by atoms with van der Waals surface area (Å²) in [6, 6.07) is 19.0. The SMILES string of the molecule is C=CC[C@@H]1O[C@@H](c2ccc3ccccc3c2)CC1[C@H](NS(=O)(=O)c1ccc(C)cc1)C(=O)O. The van der Waals surface area contributed by atoms with E-state index in [1.165, 1.54) is 12.1 Å². The van der Waals surface area contributed by atoms with Crippen molar-refractivity contribution in [2.75, 3.05) is 0 Å². The Morgan fingerprint density at radius 1 is 1.15 bits per heavy atom. The van der Waals surface area contributed by atoms with Crippen LogP contribution in [-0.2, 0) is 19.6 Å². The van der Waals surface area contributed by atoms with Gasteiger partial charge in [0.15, 0.2) is 0 Å². The minimum absolute atomic E-state index is 0.0321. The Balaban J connectivity index is 1.62. The number of aryl methyl sites for hydroxylation is 1. The first kappa shape index (κ1) is 23.2. The van der Waals surface area contributed by atoms with Crippen molar-refractivity contribution < 1.29 is 23.1 Å². The molecule has 0 bridgehead atoms. The minimum Gasteiger partial charge on any atom is -0.480 e. The lowest BCUT2D eigenvalue weighted by atomic mass is 9.88. The second-order valence-electron chi connectivity index (χ2n) is 8.44. The molecule has 4 atom stereocenters. The summed E-state index contributed by atoms with van der Waals surface area (Å²) in [7, 11) is -4.02. The standard InChI is InChI=1S/C26H27NO5S/c1-3-6-23-22(16-24(32-23)20-12-11-18-7-4-5-8-19(18)15-20)25(26(28)29)27-33(30,31)21-13-9-17(2)10-14-21/h3-5,7-15,22-25,27H,1,6,16H2,2H3,(H,28,29)/t22?,23-,24+,25-/m0/s1. The van der Waals surface area contributed by atoms with Crippen molar-refractivity contribution in [2.45, 2.75) is 42.9 Å². The van der Waals surface area contributed by atoms with Crippen molar-refractivity contribution in [1.29, 1.82) is 0 Å². The Labute approximate surface area is 194 Å². The van der Waals surface area contributed by atoms with Gasteiger partial charge in [0.2, 0.25) is 10.0 Å². The van der Waals surface area contributed by atoms with Crippen LogP contribution in [0.2, 0.25) is 0 Å². The number of hydrogen-bond donors (Lipinski definition) is 2. The summed E-state index contributed by atoms with van der Waals surface area (Å²) in [5.74, 6) is -1.79. The summed E-state index contributed by atoms with van der Waals surface area (Å²) in [4.78, 5) is 12.2. The fourth-order valence-corrected chi connectivity index (χ4v) is 5.65. The van der Waals surface area contributed by atoms with E-state index in [1.54, 1.807) is 18.2 Å². The molecule has 3 aromatic rings. The van der Waals surface area contributed by atoms with E-state index in [0.29, 0.717) is 12.8 Å². The Morgan fingerprint density at radius 3 is 2.52 bits per heavy atom. The van der Waals surface area contributed by atoms with Crippen LogP contribution in [0.5, 0.6) is 0 Å². The number of hydrogen-bond acceptors (Lipinski definition) is 4. The van der Waals surface area contributed by atoms with Crippen LogP contribution in [0.15, 0.2) is 84.3 Å². The summed E-state index contributed by atoms with van der Waals surface area (Å²) < 4.78 is 34.6. The number of benzene rings is 3. The quantitative estimate of drug-likeness (QED) is 0.474. The van der Waals surface area contributed by atoms with E-state index >= 15 is 0 Å². The van der Waals surface area contributed by atoms with Crippen molar-refractivity contribution in [3.8, 4) is 0 Å². The topological polar surface area (TPSA) is 92.7 Å². The van der Waals surface area contributed by atoms with Crippen LogP contribution in [0, 0.1) is 12.8 Å². The molecular weight excluding hydrogens is 438 g/mol. The normalized spacial score (nSPS) is 21.7. The fraction of sp³-hybridized carbons (Fsp3) is 0.269. The molecule has 4 rings (SSSR count). The van der Waals surface area contributed by atoms with Gasteiger partial charge in [-0.3, -0.25) is 4.79 Å². The van der Waals surface area contributed by atoms with E-state index in [0.717, 1.165) is 21.9 Å². The van der Waals surface area contributed by atoms with Crippen LogP contribution < -0.4 is 4.72 Å². The smallest absolute Gasteiger partial charge is 0.322 e. The van der Waals surface area contributed by atoms with Gasteiger partial charge < -0.3 is 9.84 Å². The molecule has 6 nitrogen and oxygen atoms in total. The Kier molecular flexibility index (Phi) is 6.65. The highest BCUT2D eigenvalue weighted by atomic mass is 32.2. The first-order valence-electron chi connectivity index (χ1n) is 10.9. The predicted octanol–water partition coefficient (Wildman–Crippen LogP) is 4.60. The van der Waals surface area contributed by atoms with Crippen LogP contribution in [0.3, 0.4) is 0 Å². The molecule has 0 aromatic heterocycles. The van der Waals surface area contributed by atoms with Gasteiger partial charge in [-0.1, -0.05) is 60.2 Å². The van der Waals surface area contributed by atoms with Gasteiger partial charge in [-0.05, 0) is 54.3 Å². The number of sulfonamides is 1. The third kappa shape index (κ3) is 5.00.